The molecule has 6 nitrogen and oxygen atoms in total. The van der Waals surface area contributed by atoms with E-state index < -0.39 is 0 Å². The lowest BCUT2D eigenvalue weighted by Crippen LogP contribution is -2.05. The monoisotopic (exact) mass is 414 g/mol. The van der Waals surface area contributed by atoms with Gasteiger partial charge in [0.05, 0.1) is 23.4 Å². The number of halogens is 1. The van der Waals surface area contributed by atoms with Gasteiger partial charge in [-0.2, -0.15) is 4.98 Å². The zero-order chi connectivity index (χ0) is 19.3. The van der Waals surface area contributed by atoms with E-state index in [0.29, 0.717) is 42.1 Å². The molecule has 0 aliphatic rings. The van der Waals surface area contributed by atoms with E-state index in [2.05, 4.69) is 14.7 Å². The molecule has 0 aliphatic heterocycles. The summed E-state index contributed by atoms with van der Waals surface area (Å²) in [6, 6.07) is 15.8. The molecule has 0 atom stereocenters. The third kappa shape index (κ3) is 4.38. The number of aromatic nitrogens is 4. The second-order valence-corrected chi connectivity index (χ2v) is 7.61. The van der Waals surface area contributed by atoms with Gasteiger partial charge in [-0.1, -0.05) is 58.9 Å². The fourth-order valence-corrected chi connectivity index (χ4v) is 3.96. The van der Waals surface area contributed by atoms with Crippen molar-refractivity contribution in [2.45, 2.75) is 23.9 Å². The number of nitrogens with zero attached hydrogens (tertiary/aromatic N) is 4. The highest BCUT2D eigenvalue weighted by atomic mass is 35.5. The molecule has 2 aromatic carbocycles. The zero-order valence-corrected chi connectivity index (χ0v) is 16.9. The van der Waals surface area contributed by atoms with Crippen LogP contribution in [0.5, 0.6) is 0 Å². The number of benzene rings is 2. The van der Waals surface area contributed by atoms with Gasteiger partial charge in [-0.15, -0.1) is 0 Å². The maximum absolute atomic E-state index is 6.11. The Morgan fingerprint density at radius 1 is 1.14 bits per heavy atom. The SMILES string of the molecule is COCCn1c(SCc2nc(Cc3ccccc3)no2)nc2cc(Cl)ccc21. The Morgan fingerprint density at radius 2 is 2.00 bits per heavy atom. The fourth-order valence-electron chi connectivity index (χ4n) is 2.91. The van der Waals surface area contributed by atoms with Crippen LogP contribution in [0.25, 0.3) is 11.0 Å². The molecular formula is C20H19ClN4O2S. The lowest BCUT2D eigenvalue weighted by atomic mass is 10.1. The van der Waals surface area contributed by atoms with Crippen molar-refractivity contribution < 1.29 is 9.26 Å². The highest BCUT2D eigenvalue weighted by Crippen LogP contribution is 2.28. The van der Waals surface area contributed by atoms with Crippen LogP contribution in [0, 0.1) is 0 Å². The summed E-state index contributed by atoms with van der Waals surface area (Å²) in [4.78, 5) is 9.21. The van der Waals surface area contributed by atoms with E-state index in [1.165, 1.54) is 0 Å². The Hall–Kier alpha value is -2.35. The molecule has 4 rings (SSSR count). The smallest absolute Gasteiger partial charge is 0.237 e. The summed E-state index contributed by atoms with van der Waals surface area (Å²) in [7, 11) is 1.69. The van der Waals surface area contributed by atoms with Crippen molar-refractivity contribution in [2.75, 3.05) is 13.7 Å². The Morgan fingerprint density at radius 3 is 2.82 bits per heavy atom. The highest BCUT2D eigenvalue weighted by molar-refractivity contribution is 7.98. The minimum absolute atomic E-state index is 0.547. The third-order valence-electron chi connectivity index (χ3n) is 4.23. The average molecular weight is 415 g/mol. The van der Waals surface area contributed by atoms with Crippen LogP contribution in [0.3, 0.4) is 0 Å². The summed E-state index contributed by atoms with van der Waals surface area (Å²) < 4.78 is 12.8. The molecule has 0 unspecified atom stereocenters. The standard InChI is InChI=1S/C20H19ClN4O2S/c1-26-10-9-25-17-8-7-15(21)12-16(17)22-20(25)28-13-19-23-18(24-27-19)11-14-5-3-2-4-6-14/h2-8,12H,9-11,13H2,1H3. The first kappa shape index (κ1) is 19.0. The van der Waals surface area contributed by atoms with Crippen LogP contribution in [0.2, 0.25) is 5.02 Å². The van der Waals surface area contributed by atoms with Gasteiger partial charge in [0.15, 0.2) is 11.0 Å². The Kier molecular flexibility index (Phi) is 5.95. The molecule has 4 aromatic rings. The van der Waals surface area contributed by atoms with Crippen LogP contribution in [0.1, 0.15) is 17.3 Å². The van der Waals surface area contributed by atoms with Crippen LogP contribution in [-0.4, -0.2) is 33.4 Å². The molecule has 0 aliphatic carbocycles. The maximum atomic E-state index is 6.11. The normalized spacial score (nSPS) is 11.4. The van der Waals surface area contributed by atoms with Crippen molar-refractivity contribution in [1.82, 2.24) is 19.7 Å². The van der Waals surface area contributed by atoms with Crippen molar-refractivity contribution in [3.8, 4) is 0 Å². The van der Waals surface area contributed by atoms with Crippen molar-refractivity contribution in [3.05, 3.63) is 70.8 Å². The van der Waals surface area contributed by atoms with Gasteiger partial charge in [0, 0.05) is 25.1 Å². The Balaban J connectivity index is 1.49. The lowest BCUT2D eigenvalue weighted by Gasteiger charge is -2.07. The van der Waals surface area contributed by atoms with Crippen LogP contribution < -0.4 is 0 Å². The van der Waals surface area contributed by atoms with Crippen molar-refractivity contribution >= 4 is 34.4 Å². The van der Waals surface area contributed by atoms with Crippen LogP contribution in [0.4, 0.5) is 0 Å². The maximum Gasteiger partial charge on any atom is 0.237 e. The fraction of sp³-hybridized carbons (Fsp3) is 0.250. The molecule has 0 fully saturated rings. The van der Waals surface area contributed by atoms with Gasteiger partial charge in [0.1, 0.15) is 0 Å². The minimum atomic E-state index is 0.547. The van der Waals surface area contributed by atoms with Crippen LogP contribution in [0.15, 0.2) is 58.2 Å². The van der Waals surface area contributed by atoms with E-state index in [-0.39, 0.29) is 0 Å². The molecular weight excluding hydrogens is 396 g/mol. The molecule has 8 heteroatoms. The van der Waals surface area contributed by atoms with E-state index in [1.54, 1.807) is 18.9 Å². The first-order chi connectivity index (χ1) is 13.7. The van der Waals surface area contributed by atoms with Gasteiger partial charge in [-0.25, -0.2) is 4.98 Å². The average Bonchev–Trinajstić information content (AvgIpc) is 3.29. The van der Waals surface area contributed by atoms with E-state index in [9.17, 15) is 0 Å². The number of ether oxygens (including phenoxy) is 1. The molecule has 2 aromatic heterocycles. The number of rotatable bonds is 8. The van der Waals surface area contributed by atoms with Crippen molar-refractivity contribution in [3.63, 3.8) is 0 Å². The zero-order valence-electron chi connectivity index (χ0n) is 15.3. The quantitative estimate of drug-likeness (QED) is 0.392. The second kappa shape index (κ2) is 8.77. The Bertz CT molecular complexity index is 1060. The summed E-state index contributed by atoms with van der Waals surface area (Å²) >= 11 is 7.67. The number of imidazole rings is 1. The van der Waals surface area contributed by atoms with Gasteiger partial charge < -0.3 is 13.8 Å². The van der Waals surface area contributed by atoms with E-state index in [4.69, 9.17) is 25.8 Å². The van der Waals surface area contributed by atoms with Gasteiger partial charge in [0.25, 0.3) is 0 Å². The van der Waals surface area contributed by atoms with Crippen molar-refractivity contribution in [2.24, 2.45) is 0 Å². The van der Waals surface area contributed by atoms with Crippen LogP contribution >= 0.6 is 23.4 Å². The number of hydrogen-bond acceptors (Lipinski definition) is 6. The first-order valence-corrected chi connectivity index (χ1v) is 10.2. The largest absolute Gasteiger partial charge is 0.383 e. The van der Waals surface area contributed by atoms with E-state index in [1.807, 2.05) is 48.5 Å². The minimum Gasteiger partial charge on any atom is -0.383 e. The molecule has 144 valence electrons. The molecule has 0 saturated heterocycles. The van der Waals surface area contributed by atoms with E-state index >= 15 is 0 Å². The highest BCUT2D eigenvalue weighted by Gasteiger charge is 2.14. The molecule has 0 N–H and O–H groups in total. The molecule has 0 bridgehead atoms. The van der Waals surface area contributed by atoms with Crippen LogP contribution in [-0.2, 0) is 23.5 Å². The predicted octanol–water partition coefficient (Wildman–Crippen LogP) is 4.60. The molecule has 0 radical (unpaired) electrons. The predicted molar refractivity (Wildman–Crippen MR) is 110 cm³/mol. The molecule has 0 spiro atoms. The third-order valence-corrected chi connectivity index (χ3v) is 5.43. The Labute approximate surface area is 171 Å². The summed E-state index contributed by atoms with van der Waals surface area (Å²) in [5.41, 5.74) is 3.04. The second-order valence-electron chi connectivity index (χ2n) is 6.23. The van der Waals surface area contributed by atoms with Gasteiger partial charge >= 0.3 is 0 Å². The summed E-state index contributed by atoms with van der Waals surface area (Å²) in [5, 5.41) is 5.63. The summed E-state index contributed by atoms with van der Waals surface area (Å²) in [6.45, 7) is 1.31. The number of hydrogen-bond donors (Lipinski definition) is 0. The first-order valence-electron chi connectivity index (χ1n) is 8.86. The summed E-state index contributed by atoms with van der Waals surface area (Å²) in [6.07, 6.45) is 0.653. The lowest BCUT2D eigenvalue weighted by molar-refractivity contribution is 0.186. The number of methoxy groups -OCH3 is 1. The van der Waals surface area contributed by atoms with Gasteiger partial charge in [-0.05, 0) is 23.8 Å². The molecule has 2 heterocycles. The van der Waals surface area contributed by atoms with Gasteiger partial charge in [0.2, 0.25) is 5.89 Å². The summed E-state index contributed by atoms with van der Waals surface area (Å²) in [5.74, 6) is 1.81. The molecule has 0 saturated carbocycles. The van der Waals surface area contributed by atoms with E-state index in [0.717, 1.165) is 21.8 Å². The topological polar surface area (TPSA) is 66.0 Å². The van der Waals surface area contributed by atoms with Crippen molar-refractivity contribution in [1.29, 1.82) is 0 Å². The molecule has 28 heavy (non-hydrogen) atoms. The van der Waals surface area contributed by atoms with Gasteiger partial charge in [-0.3, -0.25) is 0 Å². The molecule has 0 amide bonds. The number of thioether (sulfide) groups is 1. The number of fused-ring (bicyclic) bond motifs is 1.